The van der Waals surface area contributed by atoms with Gasteiger partial charge in [0.05, 0.1) is 6.67 Å². The third kappa shape index (κ3) is 2.44. The highest BCUT2D eigenvalue weighted by Gasteiger charge is 2.24. The van der Waals surface area contributed by atoms with E-state index in [1.165, 1.54) is 0 Å². The summed E-state index contributed by atoms with van der Waals surface area (Å²) in [6.45, 7) is -0.247. The molecule has 11 heavy (non-hydrogen) atoms. The standard InChI is InChI=1S/C8H12ClFO/c9-8(11)7-3-1-6(5-10)2-4-7/h6-7H,1-5H2/t6-,7-. The number of alkyl halides is 1. The first-order valence-electron chi connectivity index (χ1n) is 3.99. The Morgan fingerprint density at radius 2 is 1.91 bits per heavy atom. The van der Waals surface area contributed by atoms with Crippen LogP contribution in [0, 0.1) is 11.8 Å². The van der Waals surface area contributed by atoms with Gasteiger partial charge in [0.15, 0.2) is 0 Å². The van der Waals surface area contributed by atoms with Crippen molar-refractivity contribution in [3.05, 3.63) is 0 Å². The molecule has 0 unspecified atom stereocenters. The molecule has 0 aromatic heterocycles. The molecule has 0 heterocycles. The van der Waals surface area contributed by atoms with E-state index in [1.54, 1.807) is 0 Å². The molecule has 1 aliphatic rings. The van der Waals surface area contributed by atoms with E-state index in [2.05, 4.69) is 0 Å². The average Bonchev–Trinajstić information content (AvgIpc) is 2.05. The lowest BCUT2D eigenvalue weighted by atomic mass is 9.83. The van der Waals surface area contributed by atoms with Gasteiger partial charge in [0.1, 0.15) is 0 Å². The Labute approximate surface area is 70.9 Å². The minimum atomic E-state index is -0.248. The number of hydrogen-bond donors (Lipinski definition) is 0. The van der Waals surface area contributed by atoms with Crippen molar-refractivity contribution in [3.63, 3.8) is 0 Å². The first kappa shape index (κ1) is 8.98. The summed E-state index contributed by atoms with van der Waals surface area (Å²) in [5.41, 5.74) is 0. The predicted molar refractivity (Wildman–Crippen MR) is 42.3 cm³/mol. The highest BCUT2D eigenvalue weighted by atomic mass is 35.5. The normalized spacial score (nSPS) is 31.8. The lowest BCUT2D eigenvalue weighted by Gasteiger charge is -2.23. The molecular weight excluding hydrogens is 167 g/mol. The Morgan fingerprint density at radius 3 is 2.27 bits per heavy atom. The topological polar surface area (TPSA) is 17.1 Å². The molecule has 1 nitrogen and oxygen atoms in total. The number of hydrogen-bond acceptors (Lipinski definition) is 1. The highest BCUT2D eigenvalue weighted by Crippen LogP contribution is 2.30. The largest absolute Gasteiger partial charge is 0.281 e. The molecule has 1 saturated carbocycles. The van der Waals surface area contributed by atoms with Crippen molar-refractivity contribution in [1.82, 2.24) is 0 Å². The Hall–Kier alpha value is -0.110. The fourth-order valence-corrected chi connectivity index (χ4v) is 1.76. The van der Waals surface area contributed by atoms with Gasteiger partial charge in [0.25, 0.3) is 0 Å². The zero-order valence-corrected chi connectivity index (χ0v) is 7.11. The highest BCUT2D eigenvalue weighted by molar-refractivity contribution is 6.63. The zero-order chi connectivity index (χ0) is 8.27. The van der Waals surface area contributed by atoms with Crippen LogP contribution >= 0.6 is 11.6 Å². The molecule has 0 amide bonds. The Bertz CT molecular complexity index is 141. The molecule has 3 heteroatoms. The van der Waals surface area contributed by atoms with Crippen molar-refractivity contribution in [2.24, 2.45) is 11.8 Å². The van der Waals surface area contributed by atoms with Gasteiger partial charge in [0.2, 0.25) is 5.24 Å². The van der Waals surface area contributed by atoms with E-state index in [4.69, 9.17) is 11.6 Å². The first-order chi connectivity index (χ1) is 5.24. The van der Waals surface area contributed by atoms with Crippen molar-refractivity contribution in [2.45, 2.75) is 25.7 Å². The molecule has 0 aliphatic heterocycles. The van der Waals surface area contributed by atoms with Gasteiger partial charge in [-0.25, -0.2) is 0 Å². The summed E-state index contributed by atoms with van der Waals surface area (Å²) in [6.07, 6.45) is 3.19. The summed E-state index contributed by atoms with van der Waals surface area (Å²) >= 11 is 5.31. The van der Waals surface area contributed by atoms with Crippen LogP contribution in [0.1, 0.15) is 25.7 Å². The molecule has 1 rings (SSSR count). The molecular formula is C8H12ClFO. The Morgan fingerprint density at radius 1 is 1.36 bits per heavy atom. The summed E-state index contributed by atoms with van der Waals surface area (Å²) in [7, 11) is 0. The van der Waals surface area contributed by atoms with E-state index in [0.29, 0.717) is 0 Å². The number of rotatable bonds is 2. The van der Waals surface area contributed by atoms with Gasteiger partial charge in [-0.2, -0.15) is 0 Å². The van der Waals surface area contributed by atoms with Crippen molar-refractivity contribution >= 4 is 16.8 Å². The monoisotopic (exact) mass is 178 g/mol. The van der Waals surface area contributed by atoms with E-state index in [-0.39, 0.29) is 23.8 Å². The summed E-state index contributed by atoms with van der Waals surface area (Å²) < 4.78 is 12.1. The number of carbonyl (C=O) groups is 1. The zero-order valence-electron chi connectivity index (χ0n) is 6.35. The van der Waals surface area contributed by atoms with Crippen LogP contribution in [0.5, 0.6) is 0 Å². The molecule has 1 aliphatic carbocycles. The van der Waals surface area contributed by atoms with Crippen molar-refractivity contribution in [1.29, 1.82) is 0 Å². The molecule has 1 fully saturated rings. The fraction of sp³-hybridized carbons (Fsp3) is 0.875. The fourth-order valence-electron chi connectivity index (χ4n) is 1.54. The smallest absolute Gasteiger partial charge is 0.224 e. The van der Waals surface area contributed by atoms with Crippen LogP contribution in [-0.4, -0.2) is 11.9 Å². The van der Waals surface area contributed by atoms with E-state index >= 15 is 0 Å². The predicted octanol–water partition coefficient (Wildman–Crippen LogP) is 2.53. The van der Waals surface area contributed by atoms with Crippen molar-refractivity contribution in [3.8, 4) is 0 Å². The van der Waals surface area contributed by atoms with E-state index in [9.17, 15) is 9.18 Å². The molecule has 0 spiro atoms. The third-order valence-electron chi connectivity index (χ3n) is 2.39. The number of halogens is 2. The summed E-state index contributed by atoms with van der Waals surface area (Å²) in [5.74, 6) is 0.182. The molecule has 64 valence electrons. The molecule has 0 aromatic rings. The van der Waals surface area contributed by atoms with Crippen LogP contribution in [0.3, 0.4) is 0 Å². The average molecular weight is 179 g/mol. The summed E-state index contributed by atoms with van der Waals surface area (Å²) in [6, 6.07) is 0. The van der Waals surface area contributed by atoms with Gasteiger partial charge in [-0.15, -0.1) is 0 Å². The molecule has 0 aromatic carbocycles. The van der Waals surface area contributed by atoms with Gasteiger partial charge in [-0.05, 0) is 43.2 Å². The molecule has 0 saturated heterocycles. The van der Waals surface area contributed by atoms with Crippen LogP contribution in [0.15, 0.2) is 0 Å². The van der Waals surface area contributed by atoms with Crippen LogP contribution < -0.4 is 0 Å². The lowest BCUT2D eigenvalue weighted by molar-refractivity contribution is -0.116. The van der Waals surface area contributed by atoms with Crippen LogP contribution in [0.4, 0.5) is 4.39 Å². The third-order valence-corrected chi connectivity index (χ3v) is 2.69. The Kier molecular flexibility index (Phi) is 3.31. The maximum atomic E-state index is 12.1. The van der Waals surface area contributed by atoms with Crippen molar-refractivity contribution < 1.29 is 9.18 Å². The second-order valence-electron chi connectivity index (χ2n) is 3.18. The maximum absolute atomic E-state index is 12.1. The van der Waals surface area contributed by atoms with E-state index in [0.717, 1.165) is 25.7 Å². The van der Waals surface area contributed by atoms with E-state index < -0.39 is 0 Å². The van der Waals surface area contributed by atoms with Gasteiger partial charge < -0.3 is 0 Å². The van der Waals surface area contributed by atoms with Gasteiger partial charge in [-0.3, -0.25) is 9.18 Å². The lowest BCUT2D eigenvalue weighted by Crippen LogP contribution is -2.19. The van der Waals surface area contributed by atoms with Gasteiger partial charge in [0, 0.05) is 5.92 Å². The molecule has 0 atom stereocenters. The summed E-state index contributed by atoms with van der Waals surface area (Å²) in [5, 5.41) is -0.248. The van der Waals surface area contributed by atoms with Crippen molar-refractivity contribution in [2.75, 3.05) is 6.67 Å². The molecule has 0 radical (unpaired) electrons. The SMILES string of the molecule is O=C(Cl)[C@H]1CC[C@H](CF)CC1. The molecule has 0 bridgehead atoms. The Balaban J connectivity index is 2.30. The van der Waals surface area contributed by atoms with E-state index in [1.807, 2.05) is 0 Å². The minimum Gasteiger partial charge on any atom is -0.281 e. The maximum Gasteiger partial charge on any atom is 0.224 e. The minimum absolute atomic E-state index is 0.000494. The van der Waals surface area contributed by atoms with Crippen LogP contribution in [0.25, 0.3) is 0 Å². The van der Waals surface area contributed by atoms with Crippen LogP contribution in [0.2, 0.25) is 0 Å². The van der Waals surface area contributed by atoms with Gasteiger partial charge >= 0.3 is 0 Å². The second-order valence-corrected chi connectivity index (χ2v) is 3.55. The first-order valence-corrected chi connectivity index (χ1v) is 4.37. The summed E-state index contributed by atoms with van der Waals surface area (Å²) in [4.78, 5) is 10.7. The van der Waals surface area contributed by atoms with Gasteiger partial charge in [-0.1, -0.05) is 0 Å². The molecule has 0 N–H and O–H groups in total. The second kappa shape index (κ2) is 4.05. The number of carbonyl (C=O) groups excluding carboxylic acids is 1. The quantitative estimate of drug-likeness (QED) is 0.594. The van der Waals surface area contributed by atoms with Crippen LogP contribution in [-0.2, 0) is 4.79 Å².